The van der Waals surface area contributed by atoms with Crippen molar-refractivity contribution in [2.24, 2.45) is 4.99 Å². The summed E-state index contributed by atoms with van der Waals surface area (Å²) >= 11 is 0. The van der Waals surface area contributed by atoms with Crippen molar-refractivity contribution in [3.05, 3.63) is 53.7 Å². The Kier molecular flexibility index (Phi) is 5.81. The molecule has 0 aliphatic carbocycles. The van der Waals surface area contributed by atoms with Crippen LogP contribution in [0.1, 0.15) is 31.2 Å². The van der Waals surface area contributed by atoms with E-state index in [1.807, 2.05) is 44.2 Å². The Balaban J connectivity index is 1.58. The summed E-state index contributed by atoms with van der Waals surface area (Å²) in [5.74, 6) is 2.86. The lowest BCUT2D eigenvalue weighted by molar-refractivity contribution is 0.0428. The molecule has 0 bridgehead atoms. The molecule has 1 atom stereocenters. The summed E-state index contributed by atoms with van der Waals surface area (Å²) in [5, 5.41) is 17.1. The van der Waals surface area contributed by atoms with Crippen LogP contribution in [0.2, 0.25) is 0 Å². The molecule has 0 aliphatic rings. The lowest BCUT2D eigenvalue weighted by Gasteiger charge is -2.19. The Labute approximate surface area is 158 Å². The summed E-state index contributed by atoms with van der Waals surface area (Å²) in [6.45, 7) is 7.16. The normalized spacial score (nSPS) is 14.3. The molecule has 27 heavy (non-hydrogen) atoms. The van der Waals surface area contributed by atoms with Crippen LogP contribution in [-0.4, -0.2) is 40.7 Å². The predicted octanol–water partition coefficient (Wildman–Crippen LogP) is 2.47. The number of imidazole rings is 1. The quantitative estimate of drug-likeness (QED) is 0.379. The third-order valence-electron chi connectivity index (χ3n) is 4.25. The molecule has 1 aromatic carbocycles. The summed E-state index contributed by atoms with van der Waals surface area (Å²) in [4.78, 5) is 12.4. The minimum atomic E-state index is -1.16. The Bertz CT molecular complexity index is 877. The van der Waals surface area contributed by atoms with Gasteiger partial charge in [-0.15, -0.1) is 0 Å². The number of benzene rings is 1. The molecule has 2 aromatic heterocycles. The lowest BCUT2D eigenvalue weighted by atomic mass is 10.0. The fourth-order valence-electron chi connectivity index (χ4n) is 2.80. The number of nitrogens with one attached hydrogen (secondary N) is 3. The second-order valence-corrected chi connectivity index (χ2v) is 6.76. The highest BCUT2D eigenvalue weighted by Crippen LogP contribution is 2.23. The maximum absolute atomic E-state index is 10.6. The zero-order valence-corrected chi connectivity index (χ0v) is 16.0. The van der Waals surface area contributed by atoms with E-state index in [2.05, 4.69) is 25.6 Å². The maximum Gasteiger partial charge on any atom is 0.191 e. The number of hydrogen-bond donors (Lipinski definition) is 4. The average Bonchev–Trinajstić information content (AvgIpc) is 3.26. The third kappa shape index (κ3) is 4.89. The van der Waals surface area contributed by atoms with Crippen LogP contribution in [0.4, 0.5) is 0 Å². The van der Waals surface area contributed by atoms with Gasteiger partial charge in [0.15, 0.2) is 5.96 Å². The molecule has 0 aliphatic heterocycles. The molecule has 0 spiro atoms. The number of aliphatic hydroxyl groups is 1. The van der Waals surface area contributed by atoms with Gasteiger partial charge in [0.05, 0.1) is 17.6 Å². The van der Waals surface area contributed by atoms with Gasteiger partial charge in [0.1, 0.15) is 22.9 Å². The van der Waals surface area contributed by atoms with Gasteiger partial charge in [0.2, 0.25) is 0 Å². The van der Waals surface area contributed by atoms with Crippen LogP contribution in [0, 0.1) is 6.92 Å². The van der Waals surface area contributed by atoms with Crippen LogP contribution in [0.3, 0.4) is 0 Å². The van der Waals surface area contributed by atoms with E-state index >= 15 is 0 Å². The highest BCUT2D eigenvalue weighted by molar-refractivity contribution is 5.79. The number of hydrogen-bond acceptors (Lipinski definition) is 4. The number of guanidine groups is 1. The summed E-state index contributed by atoms with van der Waals surface area (Å²) in [6, 6.07) is 11.6. The van der Waals surface area contributed by atoms with Gasteiger partial charge in [-0.05, 0) is 45.0 Å². The molecule has 0 saturated heterocycles. The minimum absolute atomic E-state index is 0.194. The molecular formula is C20H27N5O2. The number of aryl methyl sites for hydroxylation is 1. The number of aromatic nitrogens is 2. The van der Waals surface area contributed by atoms with E-state index < -0.39 is 5.60 Å². The number of rotatable bonds is 7. The largest absolute Gasteiger partial charge is 0.463 e. The average molecular weight is 369 g/mol. The number of para-hydroxylation sites is 2. The van der Waals surface area contributed by atoms with Crippen molar-refractivity contribution < 1.29 is 9.52 Å². The Morgan fingerprint density at radius 2 is 2.07 bits per heavy atom. The van der Waals surface area contributed by atoms with Gasteiger partial charge in [0, 0.05) is 19.5 Å². The van der Waals surface area contributed by atoms with Crippen LogP contribution in [-0.2, 0) is 12.0 Å². The topological polar surface area (TPSA) is 98.5 Å². The van der Waals surface area contributed by atoms with Crippen molar-refractivity contribution in [3.63, 3.8) is 0 Å². The summed E-state index contributed by atoms with van der Waals surface area (Å²) in [6.07, 6.45) is 0.743. The molecule has 7 heteroatoms. The first-order valence-corrected chi connectivity index (χ1v) is 9.23. The fraction of sp³-hybridized carbons (Fsp3) is 0.400. The first-order chi connectivity index (χ1) is 13.0. The summed E-state index contributed by atoms with van der Waals surface area (Å²) < 4.78 is 5.54. The summed E-state index contributed by atoms with van der Waals surface area (Å²) in [5.41, 5.74) is 0.853. The van der Waals surface area contributed by atoms with Gasteiger partial charge in [0.25, 0.3) is 0 Å². The van der Waals surface area contributed by atoms with E-state index in [4.69, 9.17) is 4.42 Å². The number of fused-ring (bicyclic) bond motifs is 1. The number of aromatic amines is 1. The van der Waals surface area contributed by atoms with Gasteiger partial charge in [-0.2, -0.15) is 0 Å². The molecule has 3 rings (SSSR count). The first-order valence-electron chi connectivity index (χ1n) is 9.23. The van der Waals surface area contributed by atoms with Gasteiger partial charge in [-0.3, -0.25) is 0 Å². The maximum atomic E-state index is 10.6. The fourth-order valence-corrected chi connectivity index (χ4v) is 2.80. The summed E-state index contributed by atoms with van der Waals surface area (Å²) in [7, 11) is 0. The molecule has 0 radical (unpaired) electrons. The highest BCUT2D eigenvalue weighted by atomic mass is 16.4. The van der Waals surface area contributed by atoms with Gasteiger partial charge in [-0.1, -0.05) is 12.1 Å². The zero-order valence-electron chi connectivity index (χ0n) is 16.0. The van der Waals surface area contributed by atoms with E-state index in [9.17, 15) is 5.11 Å². The van der Waals surface area contributed by atoms with Crippen molar-refractivity contribution >= 4 is 17.0 Å². The van der Waals surface area contributed by atoms with Crippen molar-refractivity contribution in [3.8, 4) is 0 Å². The van der Waals surface area contributed by atoms with E-state index in [1.54, 1.807) is 13.0 Å². The minimum Gasteiger partial charge on any atom is -0.463 e. The number of furan rings is 1. The molecule has 0 amide bonds. The number of aliphatic imine (C=N–C) groups is 1. The molecular weight excluding hydrogens is 342 g/mol. The van der Waals surface area contributed by atoms with Crippen molar-refractivity contribution in [2.45, 2.75) is 32.8 Å². The molecule has 0 fully saturated rings. The van der Waals surface area contributed by atoms with Crippen LogP contribution in [0.15, 0.2) is 45.8 Å². The first kappa shape index (κ1) is 19.0. The molecule has 2 heterocycles. The molecule has 0 saturated carbocycles. The smallest absolute Gasteiger partial charge is 0.191 e. The van der Waals surface area contributed by atoms with Gasteiger partial charge < -0.3 is 25.1 Å². The second kappa shape index (κ2) is 8.26. The Morgan fingerprint density at radius 1 is 1.26 bits per heavy atom. The standard InChI is InChI=1S/C20H27N5O2/c1-4-21-19(23-13-20(3,26)17-10-9-14(2)27-17)22-12-11-18-24-15-7-5-6-8-16(15)25-18/h5-10,26H,4,11-13H2,1-3H3,(H,24,25)(H2,21,22,23). The van der Waals surface area contributed by atoms with Crippen molar-refractivity contribution in [2.75, 3.05) is 19.6 Å². The van der Waals surface area contributed by atoms with E-state index in [1.165, 1.54) is 0 Å². The number of nitrogens with zero attached hydrogens (tertiary/aromatic N) is 2. The highest BCUT2D eigenvalue weighted by Gasteiger charge is 2.26. The van der Waals surface area contributed by atoms with Crippen LogP contribution in [0.5, 0.6) is 0 Å². The predicted molar refractivity (Wildman–Crippen MR) is 107 cm³/mol. The molecule has 144 valence electrons. The van der Waals surface area contributed by atoms with Gasteiger partial charge in [-0.25, -0.2) is 9.98 Å². The van der Waals surface area contributed by atoms with E-state index in [0.29, 0.717) is 18.3 Å². The third-order valence-corrected chi connectivity index (χ3v) is 4.25. The molecule has 3 aromatic rings. The lowest BCUT2D eigenvalue weighted by Crippen LogP contribution is -2.39. The van der Waals surface area contributed by atoms with Gasteiger partial charge >= 0.3 is 0 Å². The zero-order chi connectivity index (χ0) is 19.3. The van der Waals surface area contributed by atoms with Crippen molar-refractivity contribution in [1.82, 2.24) is 20.6 Å². The Hall–Kier alpha value is -2.80. The van der Waals surface area contributed by atoms with Crippen LogP contribution in [0.25, 0.3) is 11.0 Å². The van der Waals surface area contributed by atoms with E-state index in [-0.39, 0.29) is 6.54 Å². The molecule has 1 unspecified atom stereocenters. The van der Waals surface area contributed by atoms with E-state index in [0.717, 1.165) is 35.6 Å². The second-order valence-electron chi connectivity index (χ2n) is 6.76. The molecule has 4 N–H and O–H groups in total. The SMILES string of the molecule is CCNC(=NCC(C)(O)c1ccc(C)o1)NCCc1nc2ccccc2[nH]1. The van der Waals surface area contributed by atoms with Crippen LogP contribution < -0.4 is 10.6 Å². The number of H-pyrrole nitrogens is 1. The Morgan fingerprint density at radius 3 is 2.78 bits per heavy atom. The molecule has 7 nitrogen and oxygen atoms in total. The van der Waals surface area contributed by atoms with Crippen LogP contribution >= 0.6 is 0 Å². The monoisotopic (exact) mass is 369 g/mol. The van der Waals surface area contributed by atoms with Crippen molar-refractivity contribution in [1.29, 1.82) is 0 Å².